The standard InChI is InChI=1S/C24H40O3/c1-5-9-10-12-17-23(19-18-22-15-13-11-14-16-22)20-21-24(25-6-2,26-7-3)27-8-4/h11,13-16,18-19,23H,5-10,12,17,20-21H2,1-4H3. The third-order valence-corrected chi connectivity index (χ3v) is 4.70. The van der Waals surface area contributed by atoms with E-state index < -0.39 is 5.97 Å². The Hall–Kier alpha value is -1.16. The van der Waals surface area contributed by atoms with Crippen molar-refractivity contribution in [1.82, 2.24) is 0 Å². The number of ether oxygens (including phenoxy) is 3. The van der Waals surface area contributed by atoms with Gasteiger partial charge in [-0.05, 0) is 45.1 Å². The van der Waals surface area contributed by atoms with Crippen molar-refractivity contribution in [3.05, 3.63) is 42.0 Å². The predicted molar refractivity (Wildman–Crippen MR) is 115 cm³/mol. The van der Waals surface area contributed by atoms with Gasteiger partial charge in [-0.15, -0.1) is 0 Å². The van der Waals surface area contributed by atoms with Gasteiger partial charge in [-0.25, -0.2) is 0 Å². The molecule has 0 spiro atoms. The van der Waals surface area contributed by atoms with Crippen molar-refractivity contribution >= 4 is 6.08 Å². The molecule has 154 valence electrons. The molecule has 0 aliphatic heterocycles. The molecule has 1 aromatic carbocycles. The second-order valence-corrected chi connectivity index (χ2v) is 6.90. The Balaban J connectivity index is 2.75. The van der Waals surface area contributed by atoms with E-state index in [0.717, 1.165) is 12.8 Å². The maximum Gasteiger partial charge on any atom is 0.282 e. The molecule has 1 aromatic rings. The molecule has 0 radical (unpaired) electrons. The highest BCUT2D eigenvalue weighted by molar-refractivity contribution is 5.48. The molecule has 0 saturated carbocycles. The van der Waals surface area contributed by atoms with Crippen molar-refractivity contribution in [2.24, 2.45) is 5.92 Å². The average Bonchev–Trinajstić information content (AvgIpc) is 2.68. The number of unbranched alkanes of at least 4 members (excludes halogenated alkanes) is 3. The molecule has 0 saturated heterocycles. The second-order valence-electron chi connectivity index (χ2n) is 6.90. The summed E-state index contributed by atoms with van der Waals surface area (Å²) in [6, 6.07) is 10.5. The van der Waals surface area contributed by atoms with Crippen LogP contribution in [0.4, 0.5) is 0 Å². The Morgan fingerprint density at radius 3 is 2.00 bits per heavy atom. The van der Waals surface area contributed by atoms with Gasteiger partial charge in [-0.2, -0.15) is 0 Å². The molecule has 1 rings (SSSR count). The lowest BCUT2D eigenvalue weighted by atomic mass is 9.94. The van der Waals surface area contributed by atoms with E-state index in [1.807, 2.05) is 20.8 Å². The van der Waals surface area contributed by atoms with Gasteiger partial charge < -0.3 is 14.2 Å². The van der Waals surface area contributed by atoms with Crippen LogP contribution in [0.25, 0.3) is 6.08 Å². The molecule has 3 heteroatoms. The molecule has 0 N–H and O–H groups in total. The predicted octanol–water partition coefficient (Wildman–Crippen LogP) is 6.83. The molecule has 1 atom stereocenters. The van der Waals surface area contributed by atoms with Gasteiger partial charge in [0.05, 0.1) is 0 Å². The van der Waals surface area contributed by atoms with Gasteiger partial charge in [0.25, 0.3) is 5.97 Å². The highest BCUT2D eigenvalue weighted by Crippen LogP contribution is 2.28. The summed E-state index contributed by atoms with van der Waals surface area (Å²) >= 11 is 0. The van der Waals surface area contributed by atoms with Gasteiger partial charge in [0, 0.05) is 26.2 Å². The first kappa shape index (κ1) is 23.9. The third kappa shape index (κ3) is 10.1. The Bertz CT molecular complexity index is 467. The lowest BCUT2D eigenvalue weighted by Crippen LogP contribution is -2.40. The Labute approximate surface area is 167 Å². The molecule has 3 nitrogen and oxygen atoms in total. The van der Waals surface area contributed by atoms with Crippen LogP contribution in [-0.4, -0.2) is 25.8 Å². The van der Waals surface area contributed by atoms with Crippen molar-refractivity contribution in [2.75, 3.05) is 19.8 Å². The van der Waals surface area contributed by atoms with E-state index in [0.29, 0.717) is 25.7 Å². The third-order valence-electron chi connectivity index (χ3n) is 4.70. The second kappa shape index (κ2) is 14.8. The first-order valence-electron chi connectivity index (χ1n) is 10.8. The minimum absolute atomic E-state index is 0.503. The smallest absolute Gasteiger partial charge is 0.282 e. The van der Waals surface area contributed by atoms with Crippen LogP contribution in [-0.2, 0) is 14.2 Å². The summed E-state index contributed by atoms with van der Waals surface area (Å²) in [6.07, 6.45) is 12.7. The maximum atomic E-state index is 5.90. The first-order valence-corrected chi connectivity index (χ1v) is 10.8. The van der Waals surface area contributed by atoms with Crippen LogP contribution in [0.5, 0.6) is 0 Å². The summed E-state index contributed by atoms with van der Waals surface area (Å²) in [5.74, 6) is -0.400. The van der Waals surface area contributed by atoms with Gasteiger partial charge in [0.2, 0.25) is 0 Å². The quantitative estimate of drug-likeness (QED) is 0.234. The van der Waals surface area contributed by atoms with E-state index in [2.05, 4.69) is 49.4 Å². The molecule has 0 heterocycles. The Morgan fingerprint density at radius 2 is 1.44 bits per heavy atom. The molecule has 0 fully saturated rings. The van der Waals surface area contributed by atoms with E-state index >= 15 is 0 Å². The number of rotatable bonds is 16. The van der Waals surface area contributed by atoms with Gasteiger partial charge >= 0.3 is 0 Å². The molecular formula is C24H40O3. The zero-order valence-electron chi connectivity index (χ0n) is 17.9. The lowest BCUT2D eigenvalue weighted by Gasteiger charge is -2.33. The lowest BCUT2D eigenvalue weighted by molar-refractivity contribution is -0.380. The summed E-state index contributed by atoms with van der Waals surface area (Å²) < 4.78 is 17.7. The Kier molecular flexibility index (Phi) is 13.1. The van der Waals surface area contributed by atoms with Gasteiger partial charge in [0.1, 0.15) is 0 Å². The average molecular weight is 377 g/mol. The topological polar surface area (TPSA) is 27.7 Å². The van der Waals surface area contributed by atoms with Crippen LogP contribution in [0.1, 0.15) is 78.2 Å². The minimum Gasteiger partial charge on any atom is -0.328 e. The minimum atomic E-state index is -0.902. The van der Waals surface area contributed by atoms with Crippen LogP contribution in [0.15, 0.2) is 36.4 Å². The molecular weight excluding hydrogens is 336 g/mol. The van der Waals surface area contributed by atoms with Crippen LogP contribution in [0.2, 0.25) is 0 Å². The molecule has 0 amide bonds. The van der Waals surface area contributed by atoms with E-state index in [-0.39, 0.29) is 0 Å². The SMILES string of the molecule is CCCCCCC(C=Cc1ccccc1)CCC(OCC)(OCC)OCC. The summed E-state index contributed by atoms with van der Waals surface area (Å²) in [5.41, 5.74) is 1.25. The zero-order chi connectivity index (χ0) is 19.8. The van der Waals surface area contributed by atoms with E-state index in [9.17, 15) is 0 Å². The van der Waals surface area contributed by atoms with Crippen molar-refractivity contribution < 1.29 is 14.2 Å². The van der Waals surface area contributed by atoms with Crippen molar-refractivity contribution in [2.45, 2.75) is 78.6 Å². The fourth-order valence-electron chi connectivity index (χ4n) is 3.34. The van der Waals surface area contributed by atoms with E-state index in [1.165, 1.54) is 37.7 Å². The van der Waals surface area contributed by atoms with Crippen molar-refractivity contribution in [3.8, 4) is 0 Å². The molecule has 27 heavy (non-hydrogen) atoms. The van der Waals surface area contributed by atoms with Crippen LogP contribution in [0.3, 0.4) is 0 Å². The summed E-state index contributed by atoms with van der Waals surface area (Å²) in [5, 5.41) is 0. The fraction of sp³-hybridized carbons (Fsp3) is 0.667. The summed E-state index contributed by atoms with van der Waals surface area (Å²) in [7, 11) is 0. The highest BCUT2D eigenvalue weighted by atomic mass is 16.9. The largest absolute Gasteiger partial charge is 0.328 e. The maximum absolute atomic E-state index is 5.90. The van der Waals surface area contributed by atoms with E-state index in [1.54, 1.807) is 0 Å². The number of benzene rings is 1. The summed E-state index contributed by atoms with van der Waals surface area (Å²) in [6.45, 7) is 9.98. The van der Waals surface area contributed by atoms with Crippen molar-refractivity contribution in [3.63, 3.8) is 0 Å². The van der Waals surface area contributed by atoms with Crippen molar-refractivity contribution in [1.29, 1.82) is 0 Å². The van der Waals surface area contributed by atoms with Crippen LogP contribution >= 0.6 is 0 Å². The summed E-state index contributed by atoms with van der Waals surface area (Å²) in [4.78, 5) is 0. The van der Waals surface area contributed by atoms with Crippen LogP contribution < -0.4 is 0 Å². The van der Waals surface area contributed by atoms with Gasteiger partial charge in [-0.3, -0.25) is 0 Å². The normalized spacial score (nSPS) is 13.3. The fourth-order valence-corrected chi connectivity index (χ4v) is 3.34. The van der Waals surface area contributed by atoms with Crippen LogP contribution in [0, 0.1) is 5.92 Å². The number of hydrogen-bond donors (Lipinski definition) is 0. The molecule has 1 unspecified atom stereocenters. The highest BCUT2D eigenvalue weighted by Gasteiger charge is 2.32. The van der Waals surface area contributed by atoms with Gasteiger partial charge in [0.15, 0.2) is 0 Å². The molecule has 0 bridgehead atoms. The van der Waals surface area contributed by atoms with E-state index in [4.69, 9.17) is 14.2 Å². The molecule has 0 aliphatic carbocycles. The monoisotopic (exact) mass is 376 g/mol. The molecule has 0 aromatic heterocycles. The number of allylic oxidation sites excluding steroid dienone is 1. The first-order chi connectivity index (χ1) is 13.2. The molecule has 0 aliphatic rings. The van der Waals surface area contributed by atoms with Gasteiger partial charge in [-0.1, -0.05) is 75.1 Å². The Morgan fingerprint density at radius 1 is 0.815 bits per heavy atom. The number of hydrogen-bond acceptors (Lipinski definition) is 3. The zero-order valence-corrected chi connectivity index (χ0v) is 17.9.